The molecule has 0 aliphatic heterocycles. The van der Waals surface area contributed by atoms with Gasteiger partial charge in [0.15, 0.2) is 0 Å². The molecule has 0 amide bonds. The zero-order chi connectivity index (χ0) is 13.7. The van der Waals surface area contributed by atoms with Crippen LogP contribution in [-0.4, -0.2) is 7.11 Å². The first-order valence-corrected chi connectivity index (χ1v) is 5.78. The predicted octanol–water partition coefficient (Wildman–Crippen LogP) is 2.73. The van der Waals surface area contributed by atoms with Gasteiger partial charge >= 0.3 is 0 Å². The summed E-state index contributed by atoms with van der Waals surface area (Å²) >= 11 is 0. The van der Waals surface area contributed by atoms with E-state index in [4.69, 9.17) is 20.5 Å². The smallest absolute Gasteiger partial charge is 0.137 e. The number of anilines is 1. The standard InChI is InChI=1S/C15H14N2O2/c1-18-15-8-11(2-3-12(15)9-16)10-19-14-6-4-13(17)5-7-14/h2-8H,10,17H2,1H3. The Bertz CT molecular complexity index is 601. The molecule has 0 unspecified atom stereocenters. The Balaban J connectivity index is 2.07. The maximum Gasteiger partial charge on any atom is 0.137 e. The zero-order valence-corrected chi connectivity index (χ0v) is 10.6. The molecule has 0 spiro atoms. The number of nitrogen functional groups attached to an aromatic ring is 1. The number of nitrogens with two attached hydrogens (primary N) is 1. The molecule has 0 fully saturated rings. The molecule has 0 saturated heterocycles. The van der Waals surface area contributed by atoms with Crippen LogP contribution in [0.1, 0.15) is 11.1 Å². The van der Waals surface area contributed by atoms with Gasteiger partial charge in [0.05, 0.1) is 12.7 Å². The minimum atomic E-state index is 0.409. The van der Waals surface area contributed by atoms with Crippen LogP contribution in [0.3, 0.4) is 0 Å². The van der Waals surface area contributed by atoms with Crippen LogP contribution in [-0.2, 0) is 6.61 Å². The van der Waals surface area contributed by atoms with Crippen LogP contribution >= 0.6 is 0 Å². The van der Waals surface area contributed by atoms with Crippen LogP contribution in [0.5, 0.6) is 11.5 Å². The molecule has 2 aromatic rings. The van der Waals surface area contributed by atoms with Crippen molar-refractivity contribution in [2.45, 2.75) is 6.61 Å². The van der Waals surface area contributed by atoms with E-state index in [9.17, 15) is 0 Å². The largest absolute Gasteiger partial charge is 0.495 e. The van der Waals surface area contributed by atoms with Crippen molar-refractivity contribution in [1.29, 1.82) is 5.26 Å². The van der Waals surface area contributed by atoms with E-state index in [2.05, 4.69) is 6.07 Å². The second-order valence-electron chi connectivity index (χ2n) is 4.00. The minimum absolute atomic E-state index is 0.409. The lowest BCUT2D eigenvalue weighted by Crippen LogP contribution is -1.97. The van der Waals surface area contributed by atoms with Gasteiger partial charge in [0.1, 0.15) is 24.2 Å². The van der Waals surface area contributed by atoms with Crippen molar-refractivity contribution in [2.75, 3.05) is 12.8 Å². The second-order valence-corrected chi connectivity index (χ2v) is 4.00. The molecule has 0 atom stereocenters. The van der Waals surface area contributed by atoms with Gasteiger partial charge in [-0.1, -0.05) is 6.07 Å². The number of methoxy groups -OCH3 is 1. The lowest BCUT2D eigenvalue weighted by molar-refractivity contribution is 0.305. The molecule has 0 heterocycles. The van der Waals surface area contributed by atoms with Gasteiger partial charge < -0.3 is 15.2 Å². The van der Waals surface area contributed by atoms with Crippen LogP contribution in [0.2, 0.25) is 0 Å². The highest BCUT2D eigenvalue weighted by Gasteiger charge is 2.04. The van der Waals surface area contributed by atoms with E-state index in [1.165, 1.54) is 0 Å². The molecule has 2 rings (SSSR count). The number of hydrogen-bond acceptors (Lipinski definition) is 4. The number of benzene rings is 2. The Morgan fingerprint density at radius 3 is 2.53 bits per heavy atom. The van der Waals surface area contributed by atoms with Gasteiger partial charge in [-0.15, -0.1) is 0 Å². The molecule has 96 valence electrons. The lowest BCUT2D eigenvalue weighted by Gasteiger charge is -2.08. The fourth-order valence-electron chi connectivity index (χ4n) is 1.65. The van der Waals surface area contributed by atoms with E-state index in [0.717, 1.165) is 11.3 Å². The van der Waals surface area contributed by atoms with Crippen molar-refractivity contribution >= 4 is 5.69 Å². The zero-order valence-electron chi connectivity index (χ0n) is 10.6. The van der Waals surface area contributed by atoms with Crippen LogP contribution < -0.4 is 15.2 Å². The van der Waals surface area contributed by atoms with Gasteiger partial charge in [0, 0.05) is 5.69 Å². The summed E-state index contributed by atoms with van der Waals surface area (Å²) in [5.74, 6) is 1.30. The highest BCUT2D eigenvalue weighted by atomic mass is 16.5. The Morgan fingerprint density at radius 2 is 1.89 bits per heavy atom. The van der Waals surface area contributed by atoms with Crippen LogP contribution in [0.4, 0.5) is 5.69 Å². The molecule has 0 bridgehead atoms. The summed E-state index contributed by atoms with van der Waals surface area (Å²) in [4.78, 5) is 0. The first kappa shape index (κ1) is 12.8. The third-order valence-electron chi connectivity index (χ3n) is 2.67. The molecular weight excluding hydrogens is 240 g/mol. The predicted molar refractivity (Wildman–Crippen MR) is 72.9 cm³/mol. The van der Waals surface area contributed by atoms with Crippen molar-refractivity contribution in [1.82, 2.24) is 0 Å². The van der Waals surface area contributed by atoms with Gasteiger partial charge in [0.25, 0.3) is 0 Å². The van der Waals surface area contributed by atoms with Crippen LogP contribution in [0.25, 0.3) is 0 Å². The van der Waals surface area contributed by atoms with E-state index in [1.807, 2.05) is 18.2 Å². The Kier molecular flexibility index (Phi) is 3.89. The topological polar surface area (TPSA) is 68.3 Å². The van der Waals surface area contributed by atoms with Crippen LogP contribution in [0, 0.1) is 11.3 Å². The van der Waals surface area contributed by atoms with Gasteiger partial charge in [-0.05, 0) is 42.0 Å². The molecule has 0 saturated carbocycles. The number of nitrogens with zero attached hydrogens (tertiary/aromatic N) is 1. The molecule has 0 radical (unpaired) electrons. The number of rotatable bonds is 4. The summed E-state index contributed by atoms with van der Waals surface area (Å²) in [5, 5.41) is 8.90. The Morgan fingerprint density at radius 1 is 1.16 bits per heavy atom. The number of nitriles is 1. The Labute approximate surface area is 112 Å². The fourth-order valence-corrected chi connectivity index (χ4v) is 1.65. The van der Waals surface area contributed by atoms with Crippen molar-refractivity contribution < 1.29 is 9.47 Å². The number of hydrogen-bond donors (Lipinski definition) is 1. The molecule has 2 N–H and O–H groups in total. The highest BCUT2D eigenvalue weighted by Crippen LogP contribution is 2.21. The van der Waals surface area contributed by atoms with E-state index < -0.39 is 0 Å². The summed E-state index contributed by atoms with van der Waals surface area (Å²) in [7, 11) is 1.54. The minimum Gasteiger partial charge on any atom is -0.495 e. The summed E-state index contributed by atoms with van der Waals surface area (Å²) in [5.41, 5.74) is 7.75. The van der Waals surface area contributed by atoms with E-state index in [1.54, 1.807) is 31.4 Å². The van der Waals surface area contributed by atoms with Crippen molar-refractivity contribution in [2.24, 2.45) is 0 Å². The maximum atomic E-state index is 8.90. The van der Waals surface area contributed by atoms with Crippen molar-refractivity contribution in [3.63, 3.8) is 0 Å². The lowest BCUT2D eigenvalue weighted by atomic mass is 10.1. The third kappa shape index (κ3) is 3.17. The van der Waals surface area contributed by atoms with E-state index in [0.29, 0.717) is 23.6 Å². The molecule has 4 nitrogen and oxygen atoms in total. The Hall–Kier alpha value is -2.67. The van der Waals surface area contributed by atoms with Gasteiger partial charge in [-0.25, -0.2) is 0 Å². The average molecular weight is 254 g/mol. The molecule has 0 aliphatic carbocycles. The van der Waals surface area contributed by atoms with Crippen molar-refractivity contribution in [3.8, 4) is 17.6 Å². The molecule has 4 heteroatoms. The second kappa shape index (κ2) is 5.78. The molecule has 2 aromatic carbocycles. The monoisotopic (exact) mass is 254 g/mol. The summed E-state index contributed by atoms with van der Waals surface area (Å²) in [6.45, 7) is 0.409. The average Bonchev–Trinajstić information content (AvgIpc) is 2.46. The van der Waals surface area contributed by atoms with Gasteiger partial charge in [0.2, 0.25) is 0 Å². The van der Waals surface area contributed by atoms with Gasteiger partial charge in [-0.3, -0.25) is 0 Å². The molecular formula is C15H14N2O2. The van der Waals surface area contributed by atoms with E-state index in [-0.39, 0.29) is 0 Å². The molecule has 0 aromatic heterocycles. The fraction of sp³-hybridized carbons (Fsp3) is 0.133. The quantitative estimate of drug-likeness (QED) is 0.852. The highest BCUT2D eigenvalue weighted by molar-refractivity contribution is 5.45. The molecule has 0 aliphatic rings. The first-order chi connectivity index (χ1) is 9.22. The van der Waals surface area contributed by atoms with Crippen molar-refractivity contribution in [3.05, 3.63) is 53.6 Å². The SMILES string of the molecule is COc1cc(COc2ccc(N)cc2)ccc1C#N. The summed E-state index contributed by atoms with van der Waals surface area (Å²) in [6, 6.07) is 14.6. The first-order valence-electron chi connectivity index (χ1n) is 5.78. The van der Waals surface area contributed by atoms with Gasteiger partial charge in [-0.2, -0.15) is 5.26 Å². The normalized spacial score (nSPS) is 9.68. The molecule has 19 heavy (non-hydrogen) atoms. The third-order valence-corrected chi connectivity index (χ3v) is 2.67. The van der Waals surface area contributed by atoms with Crippen LogP contribution in [0.15, 0.2) is 42.5 Å². The van der Waals surface area contributed by atoms with E-state index >= 15 is 0 Å². The summed E-state index contributed by atoms with van der Waals surface area (Å²) in [6.07, 6.45) is 0. The maximum absolute atomic E-state index is 8.90. The number of ether oxygens (including phenoxy) is 2. The summed E-state index contributed by atoms with van der Waals surface area (Å²) < 4.78 is 10.8.